The van der Waals surface area contributed by atoms with Crippen LogP contribution in [0.25, 0.3) is 11.4 Å². The smallest absolute Gasteiger partial charge is 0.192 e. The molecule has 0 saturated heterocycles. The molecule has 0 atom stereocenters. The molecule has 0 amide bonds. The van der Waals surface area contributed by atoms with Crippen LogP contribution >= 0.6 is 11.8 Å². The first-order valence-electron chi connectivity index (χ1n) is 7.46. The van der Waals surface area contributed by atoms with Gasteiger partial charge < -0.3 is 0 Å². The maximum Gasteiger partial charge on any atom is 0.192 e. The summed E-state index contributed by atoms with van der Waals surface area (Å²) in [7, 11) is 0. The summed E-state index contributed by atoms with van der Waals surface area (Å²) >= 11 is 1.17. The summed E-state index contributed by atoms with van der Waals surface area (Å²) in [5, 5.41) is 8.73. The predicted molar refractivity (Wildman–Crippen MR) is 91.5 cm³/mol. The van der Waals surface area contributed by atoms with E-state index in [4.69, 9.17) is 0 Å². The van der Waals surface area contributed by atoms with Gasteiger partial charge in [0, 0.05) is 23.4 Å². The minimum Gasteiger partial charge on any atom is -0.298 e. The van der Waals surface area contributed by atoms with Crippen molar-refractivity contribution < 1.29 is 13.2 Å². The number of hydrogen-bond donors (Lipinski definition) is 0. The molecule has 1 aromatic heterocycles. The van der Waals surface area contributed by atoms with Crippen LogP contribution in [0.15, 0.2) is 60.3 Å². The maximum atomic E-state index is 13.8. The maximum absolute atomic E-state index is 13.8. The van der Waals surface area contributed by atoms with Crippen molar-refractivity contribution in [3.05, 3.63) is 78.1 Å². The third kappa shape index (κ3) is 3.76. The molecule has 2 aromatic carbocycles. The summed E-state index contributed by atoms with van der Waals surface area (Å²) in [6, 6.07) is 9.64. The molecular weight excluding hydrogens is 347 g/mol. The van der Waals surface area contributed by atoms with Gasteiger partial charge >= 0.3 is 0 Å². The van der Waals surface area contributed by atoms with Crippen LogP contribution in [0.5, 0.6) is 0 Å². The highest BCUT2D eigenvalue weighted by Crippen LogP contribution is 2.28. The van der Waals surface area contributed by atoms with E-state index >= 15 is 0 Å². The van der Waals surface area contributed by atoms with Crippen molar-refractivity contribution >= 4 is 11.8 Å². The van der Waals surface area contributed by atoms with Crippen molar-refractivity contribution in [2.24, 2.45) is 0 Å². The number of allylic oxidation sites excluding steroid dienone is 1. The van der Waals surface area contributed by atoms with E-state index in [1.807, 2.05) is 0 Å². The fourth-order valence-electron chi connectivity index (χ4n) is 2.31. The van der Waals surface area contributed by atoms with Crippen LogP contribution in [0.4, 0.5) is 13.2 Å². The monoisotopic (exact) mass is 361 g/mol. The van der Waals surface area contributed by atoms with Crippen molar-refractivity contribution in [2.75, 3.05) is 0 Å². The molecule has 3 nitrogen and oxygen atoms in total. The molecule has 0 aliphatic heterocycles. The highest BCUT2D eigenvalue weighted by Gasteiger charge is 2.16. The zero-order chi connectivity index (χ0) is 17.8. The van der Waals surface area contributed by atoms with Crippen molar-refractivity contribution in [3.63, 3.8) is 0 Å². The van der Waals surface area contributed by atoms with E-state index in [0.29, 0.717) is 23.1 Å². The minimum absolute atomic E-state index is 0.0102. The van der Waals surface area contributed by atoms with E-state index in [2.05, 4.69) is 16.8 Å². The number of benzene rings is 2. The number of thioether (sulfide) groups is 1. The number of rotatable bonds is 6. The highest BCUT2D eigenvalue weighted by molar-refractivity contribution is 7.98. The van der Waals surface area contributed by atoms with E-state index in [1.54, 1.807) is 22.8 Å². The van der Waals surface area contributed by atoms with Gasteiger partial charge in [-0.05, 0) is 36.4 Å². The second kappa shape index (κ2) is 7.57. The van der Waals surface area contributed by atoms with E-state index < -0.39 is 11.6 Å². The minimum atomic E-state index is -0.596. The quantitative estimate of drug-likeness (QED) is 0.465. The molecule has 128 valence electrons. The Balaban J connectivity index is 1.89. The first-order chi connectivity index (χ1) is 12.1. The first kappa shape index (κ1) is 17.3. The molecule has 25 heavy (non-hydrogen) atoms. The van der Waals surface area contributed by atoms with Crippen LogP contribution in [0.1, 0.15) is 5.56 Å². The second-order valence-corrected chi connectivity index (χ2v) is 6.14. The fourth-order valence-corrected chi connectivity index (χ4v) is 3.27. The summed E-state index contributed by atoms with van der Waals surface area (Å²) in [6.07, 6.45) is 1.67. The molecule has 3 aromatic rings. The van der Waals surface area contributed by atoms with Crippen LogP contribution in [-0.2, 0) is 12.3 Å². The average molecular weight is 361 g/mol. The Bertz CT molecular complexity index is 871. The summed E-state index contributed by atoms with van der Waals surface area (Å²) in [6.45, 7) is 4.12. The number of halogens is 3. The van der Waals surface area contributed by atoms with Gasteiger partial charge in [-0.2, -0.15) is 0 Å². The molecule has 7 heteroatoms. The van der Waals surface area contributed by atoms with Crippen molar-refractivity contribution in [2.45, 2.75) is 17.5 Å². The van der Waals surface area contributed by atoms with Gasteiger partial charge in [-0.25, -0.2) is 13.2 Å². The third-order valence-corrected chi connectivity index (χ3v) is 4.53. The number of aromatic nitrogens is 3. The Kier molecular flexibility index (Phi) is 5.23. The summed E-state index contributed by atoms with van der Waals surface area (Å²) in [5.41, 5.74) is 0.684. The first-order valence-corrected chi connectivity index (χ1v) is 8.44. The standard InChI is InChI=1S/C18H14F3N3S/c1-2-10-24-17(12-6-8-13(19)9-7-12)22-23-18(24)25-11-14-15(20)4-3-5-16(14)21/h2-9H,1,10-11H2. The van der Waals surface area contributed by atoms with Gasteiger partial charge in [-0.1, -0.05) is 23.9 Å². The summed E-state index contributed by atoms with van der Waals surface area (Å²) in [5.74, 6) is -0.918. The lowest BCUT2D eigenvalue weighted by Gasteiger charge is -2.08. The van der Waals surface area contributed by atoms with Crippen LogP contribution in [0, 0.1) is 17.5 Å². The molecule has 0 aliphatic rings. The van der Waals surface area contributed by atoms with Gasteiger partial charge in [-0.15, -0.1) is 16.8 Å². The molecule has 0 fully saturated rings. The zero-order valence-corrected chi connectivity index (χ0v) is 13.9. The fraction of sp³-hybridized carbons (Fsp3) is 0.111. The van der Waals surface area contributed by atoms with Gasteiger partial charge in [0.2, 0.25) is 0 Å². The van der Waals surface area contributed by atoms with Crippen LogP contribution in [-0.4, -0.2) is 14.8 Å². The molecule has 3 rings (SSSR count). The Hall–Kier alpha value is -2.54. The Morgan fingerprint density at radius 3 is 2.32 bits per heavy atom. The molecule has 0 radical (unpaired) electrons. The normalized spacial score (nSPS) is 10.8. The van der Waals surface area contributed by atoms with E-state index in [0.717, 1.165) is 0 Å². The Labute approximate surface area is 147 Å². The predicted octanol–water partition coefficient (Wildman–Crippen LogP) is 4.84. The molecule has 0 N–H and O–H groups in total. The van der Waals surface area contributed by atoms with Crippen molar-refractivity contribution in [1.82, 2.24) is 14.8 Å². The Morgan fingerprint density at radius 2 is 1.68 bits per heavy atom. The van der Waals surface area contributed by atoms with Gasteiger partial charge in [0.15, 0.2) is 11.0 Å². The lowest BCUT2D eigenvalue weighted by molar-refractivity contribution is 0.566. The molecule has 0 aliphatic carbocycles. The Morgan fingerprint density at radius 1 is 1.00 bits per heavy atom. The molecule has 1 heterocycles. The van der Waals surface area contributed by atoms with Gasteiger partial charge in [-0.3, -0.25) is 4.57 Å². The van der Waals surface area contributed by atoms with Crippen molar-refractivity contribution in [1.29, 1.82) is 0 Å². The molecule has 0 saturated carbocycles. The largest absolute Gasteiger partial charge is 0.298 e. The number of hydrogen-bond acceptors (Lipinski definition) is 3. The molecule has 0 unspecified atom stereocenters. The van der Waals surface area contributed by atoms with E-state index in [1.165, 1.54) is 42.1 Å². The average Bonchev–Trinajstić information content (AvgIpc) is 2.98. The van der Waals surface area contributed by atoms with Crippen LogP contribution < -0.4 is 0 Å². The van der Waals surface area contributed by atoms with Gasteiger partial charge in [0.1, 0.15) is 17.5 Å². The molecule has 0 spiro atoms. The van der Waals surface area contributed by atoms with Crippen LogP contribution in [0.2, 0.25) is 0 Å². The molecular formula is C18H14F3N3S. The SMILES string of the molecule is C=CCn1c(SCc2c(F)cccc2F)nnc1-c1ccc(F)cc1. The summed E-state index contributed by atoms with van der Waals surface area (Å²) in [4.78, 5) is 0. The highest BCUT2D eigenvalue weighted by atomic mass is 32.2. The lowest BCUT2D eigenvalue weighted by Crippen LogP contribution is -2.01. The van der Waals surface area contributed by atoms with E-state index in [9.17, 15) is 13.2 Å². The van der Waals surface area contributed by atoms with Gasteiger partial charge in [0.25, 0.3) is 0 Å². The lowest BCUT2D eigenvalue weighted by atomic mass is 10.2. The van der Waals surface area contributed by atoms with Gasteiger partial charge in [0.05, 0.1) is 0 Å². The zero-order valence-electron chi connectivity index (χ0n) is 13.1. The molecule has 0 bridgehead atoms. The van der Waals surface area contributed by atoms with Crippen molar-refractivity contribution in [3.8, 4) is 11.4 Å². The second-order valence-electron chi connectivity index (χ2n) is 5.20. The topological polar surface area (TPSA) is 30.7 Å². The number of nitrogens with zero attached hydrogens (tertiary/aromatic N) is 3. The van der Waals surface area contributed by atoms with E-state index in [-0.39, 0.29) is 17.1 Å². The third-order valence-electron chi connectivity index (χ3n) is 3.54. The summed E-state index contributed by atoms with van der Waals surface area (Å²) < 4.78 is 42.4. The van der Waals surface area contributed by atoms with Crippen LogP contribution in [0.3, 0.4) is 0 Å².